The molecule has 1 aromatic heterocycles. The lowest BCUT2D eigenvalue weighted by atomic mass is 9.95. The molecule has 2 N–H and O–H groups in total. The maximum atomic E-state index is 16.5. The first-order valence-corrected chi connectivity index (χ1v) is 16.5. The summed E-state index contributed by atoms with van der Waals surface area (Å²) in [5.41, 5.74) is 2.54. The van der Waals surface area contributed by atoms with Gasteiger partial charge in [0.15, 0.2) is 5.82 Å². The largest absolute Gasteiger partial charge is 0.508 e. The zero-order valence-electron chi connectivity index (χ0n) is 26.8. The van der Waals surface area contributed by atoms with Gasteiger partial charge in [-0.3, -0.25) is 4.90 Å². The Hall–Kier alpha value is -3.63. The molecule has 0 saturated carbocycles. The average Bonchev–Trinajstić information content (AvgIpc) is 3.67. The topological polar surface area (TPSA) is 73.8 Å². The number of aryl methyl sites for hydroxylation is 1. The second kappa shape index (κ2) is 12.2. The summed E-state index contributed by atoms with van der Waals surface area (Å²) in [4.78, 5) is 13.5. The molecule has 0 aliphatic carbocycles. The number of piperazine rings is 1. The van der Waals surface area contributed by atoms with Crippen LogP contribution in [-0.2, 0) is 6.42 Å². The number of allylic oxidation sites excluding steroid dienone is 2. The second-order valence-electron chi connectivity index (χ2n) is 13.6. The van der Waals surface area contributed by atoms with Gasteiger partial charge in [0, 0.05) is 43.5 Å². The molecule has 0 spiro atoms. The maximum absolute atomic E-state index is 16.5. The van der Waals surface area contributed by atoms with Crippen LogP contribution in [0.3, 0.4) is 0 Å². The Kier molecular flexibility index (Phi) is 8.21. The van der Waals surface area contributed by atoms with E-state index < -0.39 is 23.3 Å². The number of benzene rings is 2. The molecule has 46 heavy (non-hydrogen) atoms. The first-order chi connectivity index (χ1) is 22.1. The molecule has 2 aromatic carbocycles. The normalized spacial score (nSPS) is 26.7. The Balaban J connectivity index is 1.27. The molecule has 4 saturated heterocycles. The number of aromatic nitrogens is 2. The van der Waals surface area contributed by atoms with E-state index in [1.165, 1.54) is 12.1 Å². The molecule has 4 aliphatic heterocycles. The summed E-state index contributed by atoms with van der Waals surface area (Å²) < 4.78 is 53.0. The standard InChI is InChI=1S/C36H42F3N5O2/c1-4-23-7-5-8-24(22(23)3)14-28(45)13-21(2)31-30(38)15-29-33(32(31)39)41-35(42-34(29)43-18-26-9-10-27(19-43)40-26)46-20-36-11-6-12-44(36)17-25(37)16-36/h5,7-8,13-15,25-27,40,45H,4,6,9-12,16-20H2,1-3H3/b21-13+,28-14+/t25-,26?,27?,36+/m1/s1. The molecular formula is C36H42F3N5O2. The van der Waals surface area contributed by atoms with Gasteiger partial charge in [-0.05, 0) is 93.0 Å². The van der Waals surface area contributed by atoms with Crippen LogP contribution in [0.2, 0.25) is 0 Å². The van der Waals surface area contributed by atoms with Gasteiger partial charge < -0.3 is 20.1 Å². The molecule has 2 unspecified atom stereocenters. The van der Waals surface area contributed by atoms with E-state index in [1.54, 1.807) is 13.0 Å². The molecule has 244 valence electrons. The number of fused-ring (bicyclic) bond motifs is 4. The number of rotatable bonds is 8. The number of hydrogen-bond donors (Lipinski definition) is 2. The van der Waals surface area contributed by atoms with Crippen molar-refractivity contribution in [1.29, 1.82) is 0 Å². The summed E-state index contributed by atoms with van der Waals surface area (Å²) in [5.74, 6) is -1.26. The van der Waals surface area contributed by atoms with Crippen molar-refractivity contribution in [2.75, 3.05) is 37.7 Å². The van der Waals surface area contributed by atoms with E-state index in [0.717, 1.165) is 55.3 Å². The first-order valence-electron chi connectivity index (χ1n) is 16.5. The third-order valence-electron chi connectivity index (χ3n) is 10.5. The summed E-state index contributed by atoms with van der Waals surface area (Å²) in [6.45, 7) is 8.37. The smallest absolute Gasteiger partial charge is 0.319 e. The highest BCUT2D eigenvalue weighted by Gasteiger charge is 2.49. The lowest BCUT2D eigenvalue weighted by molar-refractivity contribution is 0.107. The molecule has 10 heteroatoms. The molecule has 2 bridgehead atoms. The van der Waals surface area contributed by atoms with Crippen molar-refractivity contribution in [3.05, 3.63) is 70.0 Å². The van der Waals surface area contributed by atoms with Gasteiger partial charge in [0.05, 0.1) is 11.1 Å². The van der Waals surface area contributed by atoms with Crippen molar-refractivity contribution in [2.45, 2.75) is 83.1 Å². The fraction of sp³-hybridized carbons (Fsp3) is 0.500. The van der Waals surface area contributed by atoms with Crippen molar-refractivity contribution in [3.8, 4) is 6.01 Å². The Labute approximate surface area is 268 Å². The van der Waals surface area contributed by atoms with E-state index in [1.807, 2.05) is 25.1 Å². The fourth-order valence-electron chi connectivity index (χ4n) is 8.18. The summed E-state index contributed by atoms with van der Waals surface area (Å²) >= 11 is 0. The number of aliphatic hydroxyl groups excluding tert-OH is 1. The van der Waals surface area contributed by atoms with Gasteiger partial charge in [-0.1, -0.05) is 25.1 Å². The van der Waals surface area contributed by atoms with Crippen LogP contribution in [0.4, 0.5) is 19.0 Å². The van der Waals surface area contributed by atoms with Gasteiger partial charge in [-0.2, -0.15) is 9.97 Å². The maximum Gasteiger partial charge on any atom is 0.319 e. The predicted molar refractivity (Wildman–Crippen MR) is 175 cm³/mol. The second-order valence-corrected chi connectivity index (χ2v) is 13.6. The molecule has 0 radical (unpaired) electrons. The van der Waals surface area contributed by atoms with Crippen LogP contribution in [-0.4, -0.2) is 76.6 Å². The first kappa shape index (κ1) is 31.0. The van der Waals surface area contributed by atoms with E-state index in [4.69, 9.17) is 9.72 Å². The Morgan fingerprint density at radius 3 is 2.72 bits per heavy atom. The number of hydrogen-bond acceptors (Lipinski definition) is 7. The molecule has 3 aromatic rings. The number of alkyl halides is 1. The van der Waals surface area contributed by atoms with Gasteiger partial charge >= 0.3 is 6.01 Å². The molecule has 4 atom stereocenters. The number of aliphatic hydroxyl groups is 1. The zero-order valence-corrected chi connectivity index (χ0v) is 26.8. The number of halogens is 3. The Morgan fingerprint density at radius 2 is 1.96 bits per heavy atom. The zero-order chi connectivity index (χ0) is 32.2. The van der Waals surface area contributed by atoms with Crippen LogP contribution in [0, 0.1) is 18.6 Å². The van der Waals surface area contributed by atoms with Gasteiger partial charge in [-0.15, -0.1) is 0 Å². The molecular weight excluding hydrogens is 591 g/mol. The van der Waals surface area contributed by atoms with Crippen molar-refractivity contribution in [1.82, 2.24) is 20.2 Å². The molecule has 4 aliphatic rings. The number of nitrogens with zero attached hydrogens (tertiary/aromatic N) is 4. The highest BCUT2D eigenvalue weighted by Crippen LogP contribution is 2.41. The SMILES string of the molecule is CCc1cccc(/C=C(O)\C=C(/C)c2c(F)cc3c(N4CC5CCC(C4)N5)nc(OC[C@@]45CCCN4C[C@H](F)C5)nc3c2F)c1C. The van der Waals surface area contributed by atoms with E-state index in [-0.39, 0.29) is 52.5 Å². The number of anilines is 1. The molecule has 7 nitrogen and oxygen atoms in total. The van der Waals surface area contributed by atoms with Crippen LogP contribution in [0.5, 0.6) is 6.01 Å². The van der Waals surface area contributed by atoms with Crippen molar-refractivity contribution in [3.63, 3.8) is 0 Å². The van der Waals surface area contributed by atoms with E-state index >= 15 is 8.78 Å². The van der Waals surface area contributed by atoms with Crippen LogP contribution < -0.4 is 15.0 Å². The number of ether oxygens (including phenoxy) is 1. The summed E-state index contributed by atoms with van der Waals surface area (Å²) in [5, 5.41) is 14.7. The number of nitrogens with one attached hydrogen (secondary N) is 1. The minimum atomic E-state index is -0.906. The average molecular weight is 634 g/mol. The van der Waals surface area contributed by atoms with Crippen molar-refractivity contribution < 1.29 is 23.0 Å². The molecule has 7 rings (SSSR count). The minimum Gasteiger partial charge on any atom is -0.508 e. The molecule has 4 fully saturated rings. The van der Waals surface area contributed by atoms with Crippen LogP contribution in [0.15, 0.2) is 36.1 Å². The highest BCUT2D eigenvalue weighted by atomic mass is 19.1. The quantitative estimate of drug-likeness (QED) is 0.212. The van der Waals surface area contributed by atoms with Gasteiger partial charge in [-0.25, -0.2) is 13.2 Å². The summed E-state index contributed by atoms with van der Waals surface area (Å²) in [6.07, 6.45) is 7.18. The van der Waals surface area contributed by atoms with E-state index in [0.29, 0.717) is 31.9 Å². The van der Waals surface area contributed by atoms with E-state index in [2.05, 4.69) is 27.0 Å². The molecule has 5 heterocycles. The fourth-order valence-corrected chi connectivity index (χ4v) is 8.18. The third kappa shape index (κ3) is 5.64. The van der Waals surface area contributed by atoms with Crippen LogP contribution in [0.1, 0.15) is 68.2 Å². The summed E-state index contributed by atoms with van der Waals surface area (Å²) in [7, 11) is 0. The van der Waals surface area contributed by atoms with E-state index in [9.17, 15) is 9.50 Å². The Bertz CT molecular complexity index is 1720. The highest BCUT2D eigenvalue weighted by molar-refractivity contribution is 5.93. The Morgan fingerprint density at radius 1 is 1.17 bits per heavy atom. The summed E-state index contributed by atoms with van der Waals surface area (Å²) in [6, 6.07) is 7.72. The minimum absolute atomic E-state index is 0.00373. The van der Waals surface area contributed by atoms with Gasteiger partial charge in [0.2, 0.25) is 0 Å². The van der Waals surface area contributed by atoms with Gasteiger partial charge in [0.25, 0.3) is 0 Å². The monoisotopic (exact) mass is 633 g/mol. The lowest BCUT2D eigenvalue weighted by Gasteiger charge is -2.34. The van der Waals surface area contributed by atoms with Crippen LogP contribution >= 0.6 is 0 Å². The van der Waals surface area contributed by atoms with Crippen molar-refractivity contribution in [2.24, 2.45) is 0 Å². The van der Waals surface area contributed by atoms with Crippen LogP contribution in [0.25, 0.3) is 22.6 Å². The molecule has 0 amide bonds. The van der Waals surface area contributed by atoms with Gasteiger partial charge in [0.1, 0.15) is 35.7 Å². The van der Waals surface area contributed by atoms with Crippen molar-refractivity contribution >= 4 is 28.4 Å². The lowest BCUT2D eigenvalue weighted by Crippen LogP contribution is -2.51. The predicted octanol–water partition coefficient (Wildman–Crippen LogP) is 6.68. The third-order valence-corrected chi connectivity index (χ3v) is 10.5.